The van der Waals surface area contributed by atoms with Crippen LogP contribution in [0, 0.1) is 0 Å². The Balaban J connectivity index is 0. The fraction of sp³-hybridized carbons (Fsp3) is 1.00. The van der Waals surface area contributed by atoms with E-state index in [-0.39, 0.29) is 57.5 Å². The predicted octanol–water partition coefficient (Wildman–Crippen LogP) is 0.898. The van der Waals surface area contributed by atoms with Crippen molar-refractivity contribution in [1.82, 2.24) is 0 Å². The number of ether oxygens (including phenoxy) is 1. The average Bonchev–Trinajstić information content (AvgIpc) is 2.38. The Morgan fingerprint density at radius 3 is 1.74 bits per heavy atom. The van der Waals surface area contributed by atoms with Crippen LogP contribution < -0.4 is 61.2 Å². The van der Waals surface area contributed by atoms with Gasteiger partial charge in [0.15, 0.2) is 6.29 Å². The van der Waals surface area contributed by atoms with Gasteiger partial charge in [0, 0.05) is 0 Å². The molecule has 2 unspecified atom stereocenters. The Morgan fingerprint density at radius 1 is 0.870 bits per heavy atom. The van der Waals surface area contributed by atoms with Gasteiger partial charge in [-0.3, -0.25) is 0 Å². The summed E-state index contributed by atoms with van der Waals surface area (Å²) in [5.41, 5.74) is 0. The maximum atomic E-state index is 10.4. The maximum Gasteiger partial charge on any atom is 1.00 e. The van der Waals surface area contributed by atoms with Gasteiger partial charge >= 0.3 is 51.4 Å². The molecule has 0 N–H and O–H groups in total. The topological polar surface area (TPSA) is 81.7 Å². The van der Waals surface area contributed by atoms with Gasteiger partial charge in [0.1, 0.15) is 0 Å². The molecule has 23 heavy (non-hydrogen) atoms. The van der Waals surface area contributed by atoms with Crippen LogP contribution in [0.15, 0.2) is 0 Å². The molecule has 0 bridgehead atoms. The Bertz CT molecular complexity index is 298. The van der Waals surface area contributed by atoms with Crippen LogP contribution in [0.5, 0.6) is 0 Å². The Morgan fingerprint density at radius 2 is 1.30 bits per heavy atom. The first-order valence-corrected chi connectivity index (χ1v) is 10.2. The van der Waals surface area contributed by atoms with Crippen molar-refractivity contribution in [2.75, 3.05) is 0 Å². The molecule has 0 aliphatic carbocycles. The zero-order chi connectivity index (χ0) is 16.8. The van der Waals surface area contributed by atoms with Gasteiger partial charge in [0.25, 0.3) is 0 Å². The minimum Gasteiger partial charge on any atom is -0.790 e. The molecule has 0 heterocycles. The molecule has 2 atom stereocenters. The third kappa shape index (κ3) is 21.7. The van der Waals surface area contributed by atoms with E-state index in [0.29, 0.717) is 0 Å². The van der Waals surface area contributed by atoms with Gasteiger partial charge < -0.3 is 23.6 Å². The molecule has 0 spiro atoms. The van der Waals surface area contributed by atoms with E-state index in [1.807, 2.05) is 6.92 Å². The van der Waals surface area contributed by atoms with Crippen molar-refractivity contribution < 1.29 is 75.0 Å². The molecular weight excluding hydrogens is 342 g/mol. The van der Waals surface area contributed by atoms with Crippen molar-refractivity contribution in [2.45, 2.75) is 104 Å². The maximum absolute atomic E-state index is 10.4. The van der Waals surface area contributed by atoms with E-state index in [4.69, 9.17) is 4.74 Å². The first-order valence-electron chi connectivity index (χ1n) is 8.71. The third-order valence-corrected chi connectivity index (χ3v) is 4.22. The molecule has 0 aromatic carbocycles. The monoisotopic (exact) mass is 375 g/mol. The Labute approximate surface area is 185 Å². The van der Waals surface area contributed by atoms with Gasteiger partial charge in [-0.15, -0.1) is 0 Å². The van der Waals surface area contributed by atoms with E-state index in [9.17, 15) is 14.4 Å². The quantitative estimate of drug-likeness (QED) is 0.184. The summed E-state index contributed by atoms with van der Waals surface area (Å²) in [6, 6.07) is 0. The molecule has 7 heteroatoms. The number of rotatable bonds is 15. The molecule has 0 aliphatic rings. The normalized spacial score (nSPS) is 14.3. The first-order chi connectivity index (χ1) is 10.3. The second kappa shape index (κ2) is 17.1. The van der Waals surface area contributed by atoms with E-state index in [1.54, 1.807) is 0 Å². The molecule has 0 saturated carbocycles. The number of phosphoric acid groups is 1. The molecule has 0 saturated heterocycles. The van der Waals surface area contributed by atoms with Crippen molar-refractivity contribution in [3.63, 3.8) is 0 Å². The molecule has 0 rings (SSSR count). The van der Waals surface area contributed by atoms with Gasteiger partial charge in [-0.1, -0.05) is 71.1 Å². The van der Waals surface area contributed by atoms with Crippen LogP contribution in [-0.4, -0.2) is 12.4 Å². The zero-order valence-corrected chi connectivity index (χ0v) is 19.4. The molecule has 0 amide bonds. The molecule has 134 valence electrons. The summed E-state index contributed by atoms with van der Waals surface area (Å²) in [6.45, 7) is 5.53. The zero-order valence-electron chi connectivity index (χ0n) is 15.4. The molecule has 0 fully saturated rings. The summed E-state index contributed by atoms with van der Waals surface area (Å²) in [5, 5.41) is 0. The van der Waals surface area contributed by atoms with Crippen molar-refractivity contribution in [2.24, 2.45) is 0 Å². The number of hydrogen-bond donors (Lipinski definition) is 0. The summed E-state index contributed by atoms with van der Waals surface area (Å²) in [6.07, 6.45) is 12.5. The van der Waals surface area contributed by atoms with Crippen LogP contribution in [0.2, 0.25) is 0 Å². The largest absolute Gasteiger partial charge is 1.00 e. The van der Waals surface area contributed by atoms with E-state index < -0.39 is 14.1 Å². The summed E-state index contributed by atoms with van der Waals surface area (Å²) in [4.78, 5) is 20.9. The van der Waals surface area contributed by atoms with Gasteiger partial charge in [-0.05, 0) is 20.3 Å². The first kappa shape index (κ1) is 26.9. The molecule has 0 aliphatic heterocycles. The van der Waals surface area contributed by atoms with Crippen LogP contribution in [0.25, 0.3) is 0 Å². The SMILES string of the molecule is CCCCCCCCCCCCC(C)OC(C)OP(=O)([O-])[O-].[K+]. The standard InChI is InChI=1S/C16H35O5P.K/c1-4-5-6-7-8-9-10-11-12-13-14-15(2)20-16(3)21-22(17,18)19;/h15-16H,4-14H2,1-3H3,(H2,17,18,19);/q;+1/p-2. The minimum atomic E-state index is -4.96. The number of hydrogen-bond acceptors (Lipinski definition) is 5. The van der Waals surface area contributed by atoms with Crippen molar-refractivity contribution in [3.05, 3.63) is 0 Å². The van der Waals surface area contributed by atoms with Gasteiger partial charge in [0.05, 0.1) is 13.9 Å². The minimum absolute atomic E-state index is 0. The van der Waals surface area contributed by atoms with Crippen molar-refractivity contribution in [1.29, 1.82) is 0 Å². The Hall–Kier alpha value is 1.71. The number of unbranched alkanes of at least 4 members (excludes halogenated alkanes) is 9. The molecule has 0 radical (unpaired) electrons. The molecular formula is C16H33KO5P-. The third-order valence-electron chi connectivity index (χ3n) is 3.67. The smallest absolute Gasteiger partial charge is 0.790 e. The van der Waals surface area contributed by atoms with Gasteiger partial charge in [-0.25, -0.2) is 0 Å². The second-order valence-electron chi connectivity index (χ2n) is 6.04. The summed E-state index contributed by atoms with van der Waals surface area (Å²) in [5.74, 6) is 0. The van der Waals surface area contributed by atoms with Crippen LogP contribution in [-0.2, 0) is 13.8 Å². The summed E-state index contributed by atoms with van der Waals surface area (Å²) >= 11 is 0. The van der Waals surface area contributed by atoms with Crippen LogP contribution in [0.3, 0.4) is 0 Å². The Kier molecular flexibility index (Phi) is 20.1. The van der Waals surface area contributed by atoms with E-state index >= 15 is 0 Å². The summed E-state index contributed by atoms with van der Waals surface area (Å²) in [7, 11) is -4.96. The van der Waals surface area contributed by atoms with Crippen LogP contribution in [0.4, 0.5) is 0 Å². The van der Waals surface area contributed by atoms with Crippen molar-refractivity contribution >= 4 is 7.82 Å². The van der Waals surface area contributed by atoms with Crippen molar-refractivity contribution in [3.8, 4) is 0 Å². The van der Waals surface area contributed by atoms with E-state index in [2.05, 4.69) is 11.4 Å². The predicted molar refractivity (Wildman–Crippen MR) is 85.2 cm³/mol. The van der Waals surface area contributed by atoms with Gasteiger partial charge in [0.2, 0.25) is 0 Å². The molecule has 0 aromatic rings. The second-order valence-corrected chi connectivity index (χ2v) is 7.14. The molecule has 0 aromatic heterocycles. The van der Waals surface area contributed by atoms with E-state index in [0.717, 1.165) is 12.8 Å². The fourth-order valence-corrected chi connectivity index (χ4v) is 2.93. The van der Waals surface area contributed by atoms with Gasteiger partial charge in [-0.2, -0.15) is 0 Å². The van der Waals surface area contributed by atoms with Crippen LogP contribution in [0.1, 0.15) is 91.4 Å². The molecule has 5 nitrogen and oxygen atoms in total. The summed E-state index contributed by atoms with van der Waals surface area (Å²) < 4.78 is 20.0. The number of phosphoric ester groups is 1. The average molecular weight is 376 g/mol. The van der Waals surface area contributed by atoms with Crippen LogP contribution >= 0.6 is 7.82 Å². The fourth-order valence-electron chi connectivity index (χ4n) is 2.52. The van der Waals surface area contributed by atoms with E-state index in [1.165, 1.54) is 64.7 Å².